The van der Waals surface area contributed by atoms with Gasteiger partial charge in [-0.3, -0.25) is 4.79 Å². The Morgan fingerprint density at radius 3 is 2.24 bits per heavy atom. The van der Waals surface area contributed by atoms with E-state index in [0.29, 0.717) is 6.42 Å². The van der Waals surface area contributed by atoms with Crippen molar-refractivity contribution in [1.29, 1.82) is 0 Å². The highest BCUT2D eigenvalue weighted by atomic mass is 16.2. The van der Waals surface area contributed by atoms with Crippen molar-refractivity contribution in [2.24, 2.45) is 0 Å². The molecule has 0 saturated heterocycles. The summed E-state index contributed by atoms with van der Waals surface area (Å²) >= 11 is 0. The Balaban J connectivity index is 2.66. The number of hydrogen-bond donors (Lipinski definition) is 1. The summed E-state index contributed by atoms with van der Waals surface area (Å²) in [5.74, 6) is 0.426. The Hall–Kier alpha value is -1.55. The van der Waals surface area contributed by atoms with Crippen molar-refractivity contribution in [2.75, 3.05) is 32.9 Å². The molecule has 1 aromatic carbocycles. The van der Waals surface area contributed by atoms with Crippen LogP contribution in [0.2, 0.25) is 0 Å². The molecule has 1 aromatic rings. The average molecular weight is 291 g/mol. The molecule has 0 aliphatic carbocycles. The van der Waals surface area contributed by atoms with Gasteiger partial charge in [-0.1, -0.05) is 19.1 Å². The van der Waals surface area contributed by atoms with Crippen molar-refractivity contribution in [2.45, 2.75) is 39.2 Å². The van der Waals surface area contributed by atoms with Crippen LogP contribution in [0, 0.1) is 0 Å². The van der Waals surface area contributed by atoms with Gasteiger partial charge in [-0.05, 0) is 51.6 Å². The van der Waals surface area contributed by atoms with Gasteiger partial charge in [0.05, 0.1) is 0 Å². The molecule has 0 aromatic heterocycles. The number of anilines is 1. The molecular weight excluding hydrogens is 262 g/mol. The summed E-state index contributed by atoms with van der Waals surface area (Å²) in [6, 6.07) is 8.03. The minimum Gasteiger partial charge on any atom is -0.399 e. The fourth-order valence-corrected chi connectivity index (χ4v) is 2.68. The van der Waals surface area contributed by atoms with E-state index in [0.717, 1.165) is 24.3 Å². The van der Waals surface area contributed by atoms with Crippen molar-refractivity contribution in [3.63, 3.8) is 0 Å². The number of hydrogen-bond acceptors (Lipinski definition) is 3. The maximum Gasteiger partial charge on any atom is 0.223 e. The highest BCUT2D eigenvalue weighted by Gasteiger charge is 2.21. The predicted octanol–water partition coefficient (Wildman–Crippen LogP) is 2.56. The summed E-state index contributed by atoms with van der Waals surface area (Å²) in [5, 5.41) is 0. The number of benzene rings is 1. The Morgan fingerprint density at radius 1 is 1.19 bits per heavy atom. The van der Waals surface area contributed by atoms with E-state index in [4.69, 9.17) is 5.73 Å². The van der Waals surface area contributed by atoms with Gasteiger partial charge in [0.1, 0.15) is 0 Å². The fourth-order valence-electron chi connectivity index (χ4n) is 2.68. The lowest BCUT2D eigenvalue weighted by atomic mass is 9.96. The number of carbonyl (C=O) groups excluding carboxylic acids is 1. The van der Waals surface area contributed by atoms with Gasteiger partial charge in [-0.25, -0.2) is 0 Å². The first-order valence-corrected chi connectivity index (χ1v) is 7.64. The summed E-state index contributed by atoms with van der Waals surface area (Å²) < 4.78 is 0. The number of rotatable bonds is 7. The number of nitrogen functional groups attached to an aromatic ring is 1. The smallest absolute Gasteiger partial charge is 0.223 e. The second kappa shape index (κ2) is 8.03. The van der Waals surface area contributed by atoms with Gasteiger partial charge < -0.3 is 15.5 Å². The van der Waals surface area contributed by atoms with Crippen molar-refractivity contribution >= 4 is 11.6 Å². The van der Waals surface area contributed by atoms with E-state index in [2.05, 4.69) is 18.7 Å². The van der Waals surface area contributed by atoms with E-state index >= 15 is 0 Å². The summed E-state index contributed by atoms with van der Waals surface area (Å²) in [5.41, 5.74) is 7.62. The van der Waals surface area contributed by atoms with Gasteiger partial charge in [0.15, 0.2) is 0 Å². The summed E-state index contributed by atoms with van der Waals surface area (Å²) in [6.07, 6.45) is 0.537. The molecular formula is C17H29N3O. The maximum atomic E-state index is 12.5. The number of amides is 1. The molecule has 0 fully saturated rings. The van der Waals surface area contributed by atoms with Gasteiger partial charge in [-0.2, -0.15) is 0 Å². The van der Waals surface area contributed by atoms with Crippen LogP contribution in [0.4, 0.5) is 5.69 Å². The molecule has 1 amide bonds. The third kappa shape index (κ3) is 5.38. The lowest BCUT2D eigenvalue weighted by Gasteiger charge is -2.31. The van der Waals surface area contributed by atoms with Gasteiger partial charge in [0.25, 0.3) is 0 Å². The van der Waals surface area contributed by atoms with Gasteiger partial charge in [0, 0.05) is 31.2 Å². The first kappa shape index (κ1) is 17.5. The zero-order valence-corrected chi connectivity index (χ0v) is 14.0. The molecule has 2 atom stereocenters. The van der Waals surface area contributed by atoms with Crippen LogP contribution in [0.1, 0.15) is 38.7 Å². The lowest BCUT2D eigenvalue weighted by Crippen LogP contribution is -2.44. The zero-order chi connectivity index (χ0) is 16.0. The van der Waals surface area contributed by atoms with Crippen LogP contribution in [0.15, 0.2) is 24.3 Å². The fraction of sp³-hybridized carbons (Fsp3) is 0.588. The van der Waals surface area contributed by atoms with Crippen LogP contribution in [-0.2, 0) is 4.79 Å². The minimum atomic E-state index is 0.207. The SMILES string of the molecule is CCN(C(=O)CC(C)c1ccc(N)cc1)C(C)CN(C)C. The molecule has 118 valence electrons. The van der Waals surface area contributed by atoms with Crippen LogP contribution < -0.4 is 5.73 Å². The molecule has 0 bridgehead atoms. The molecule has 4 nitrogen and oxygen atoms in total. The number of carbonyl (C=O) groups is 1. The summed E-state index contributed by atoms with van der Waals surface area (Å²) in [6.45, 7) is 7.87. The Morgan fingerprint density at radius 2 is 1.76 bits per heavy atom. The van der Waals surface area contributed by atoms with Crippen LogP contribution in [0.3, 0.4) is 0 Å². The highest BCUT2D eigenvalue weighted by molar-refractivity contribution is 5.77. The second-order valence-electron chi connectivity index (χ2n) is 6.06. The molecule has 0 aliphatic heterocycles. The first-order valence-electron chi connectivity index (χ1n) is 7.64. The molecule has 0 radical (unpaired) electrons. The van der Waals surface area contributed by atoms with Crippen LogP contribution in [-0.4, -0.2) is 48.9 Å². The molecule has 0 heterocycles. The van der Waals surface area contributed by atoms with E-state index in [-0.39, 0.29) is 17.9 Å². The Bertz CT molecular complexity index is 442. The molecule has 0 aliphatic rings. The third-order valence-electron chi connectivity index (χ3n) is 3.81. The summed E-state index contributed by atoms with van der Waals surface area (Å²) in [7, 11) is 4.07. The van der Waals surface area contributed by atoms with E-state index in [9.17, 15) is 4.79 Å². The topological polar surface area (TPSA) is 49.6 Å². The highest BCUT2D eigenvalue weighted by Crippen LogP contribution is 2.21. The molecule has 2 unspecified atom stereocenters. The molecule has 4 heteroatoms. The molecule has 2 N–H and O–H groups in total. The molecule has 21 heavy (non-hydrogen) atoms. The van der Waals surface area contributed by atoms with E-state index in [1.807, 2.05) is 50.2 Å². The monoisotopic (exact) mass is 291 g/mol. The average Bonchev–Trinajstić information content (AvgIpc) is 2.39. The van der Waals surface area contributed by atoms with Crippen molar-refractivity contribution in [1.82, 2.24) is 9.80 Å². The zero-order valence-electron chi connectivity index (χ0n) is 14.0. The van der Waals surface area contributed by atoms with Gasteiger partial charge in [-0.15, -0.1) is 0 Å². The Kier molecular flexibility index (Phi) is 6.69. The molecule has 0 saturated carbocycles. The normalized spacial score (nSPS) is 14.0. The van der Waals surface area contributed by atoms with Crippen molar-refractivity contribution < 1.29 is 4.79 Å². The largest absolute Gasteiger partial charge is 0.399 e. The summed E-state index contributed by atoms with van der Waals surface area (Å²) in [4.78, 5) is 16.6. The minimum absolute atomic E-state index is 0.207. The van der Waals surface area contributed by atoms with Crippen molar-refractivity contribution in [3.05, 3.63) is 29.8 Å². The van der Waals surface area contributed by atoms with Crippen LogP contribution >= 0.6 is 0 Å². The standard InChI is InChI=1S/C17H29N3O/c1-6-20(14(3)12-19(4)5)17(21)11-13(2)15-7-9-16(18)10-8-15/h7-10,13-14H,6,11-12,18H2,1-5H3. The van der Waals surface area contributed by atoms with Crippen LogP contribution in [0.5, 0.6) is 0 Å². The van der Waals surface area contributed by atoms with E-state index in [1.54, 1.807) is 0 Å². The van der Waals surface area contributed by atoms with E-state index in [1.165, 1.54) is 0 Å². The van der Waals surface area contributed by atoms with Gasteiger partial charge in [0.2, 0.25) is 5.91 Å². The quantitative estimate of drug-likeness (QED) is 0.786. The second-order valence-corrected chi connectivity index (χ2v) is 6.06. The molecule has 1 rings (SSSR count). The number of likely N-dealkylation sites (N-methyl/N-ethyl adjacent to an activating group) is 2. The van der Waals surface area contributed by atoms with E-state index < -0.39 is 0 Å². The van der Waals surface area contributed by atoms with Crippen LogP contribution in [0.25, 0.3) is 0 Å². The lowest BCUT2D eigenvalue weighted by molar-refractivity contribution is -0.133. The number of nitrogens with two attached hydrogens (primary N) is 1. The van der Waals surface area contributed by atoms with Gasteiger partial charge >= 0.3 is 0 Å². The first-order chi connectivity index (χ1) is 9.85. The maximum absolute atomic E-state index is 12.5. The van der Waals surface area contributed by atoms with Crippen molar-refractivity contribution in [3.8, 4) is 0 Å². The predicted molar refractivity (Wildman–Crippen MR) is 89.3 cm³/mol. The molecule has 0 spiro atoms. The number of nitrogens with zero attached hydrogens (tertiary/aromatic N) is 2. The Labute approximate surface area is 128 Å². The third-order valence-corrected chi connectivity index (χ3v) is 3.81.